The predicted molar refractivity (Wildman–Crippen MR) is 85.0 cm³/mol. The second-order valence-corrected chi connectivity index (χ2v) is 6.12. The van der Waals surface area contributed by atoms with Gasteiger partial charge in [0, 0.05) is 6.54 Å². The summed E-state index contributed by atoms with van der Waals surface area (Å²) in [6.07, 6.45) is 5.02. The van der Waals surface area contributed by atoms with Crippen LogP contribution in [0.25, 0.3) is 0 Å². The Morgan fingerprint density at radius 3 is 2.87 bits per heavy atom. The number of ether oxygens (including phenoxy) is 2. The number of fused-ring (bicyclic) bond motifs is 1. The molecule has 0 spiro atoms. The van der Waals surface area contributed by atoms with Crippen LogP contribution in [0.3, 0.4) is 0 Å². The SMILES string of the molecule is N#CCc1ccc(OCC(=O)N2CCO[C@H]3CCCC[C@@H]32)cc1. The second kappa shape index (κ2) is 7.47. The summed E-state index contributed by atoms with van der Waals surface area (Å²) in [4.78, 5) is 14.4. The first kappa shape index (κ1) is 15.8. The summed E-state index contributed by atoms with van der Waals surface area (Å²) in [5.41, 5.74) is 0.949. The number of rotatable bonds is 4. The normalized spacial score (nSPS) is 23.7. The summed E-state index contributed by atoms with van der Waals surface area (Å²) in [6, 6.07) is 9.65. The minimum Gasteiger partial charge on any atom is -0.484 e. The van der Waals surface area contributed by atoms with Gasteiger partial charge in [-0.3, -0.25) is 4.79 Å². The Morgan fingerprint density at radius 1 is 1.30 bits per heavy atom. The molecule has 1 amide bonds. The monoisotopic (exact) mass is 314 g/mol. The summed E-state index contributed by atoms with van der Waals surface area (Å²) in [7, 11) is 0. The molecule has 5 heteroatoms. The first-order valence-corrected chi connectivity index (χ1v) is 8.27. The Hall–Kier alpha value is -2.06. The molecule has 1 saturated heterocycles. The third-order valence-electron chi connectivity index (χ3n) is 4.62. The van der Waals surface area contributed by atoms with Gasteiger partial charge < -0.3 is 14.4 Å². The maximum atomic E-state index is 12.5. The maximum Gasteiger partial charge on any atom is 0.260 e. The van der Waals surface area contributed by atoms with Gasteiger partial charge in [0.1, 0.15) is 5.75 Å². The molecule has 1 aromatic rings. The van der Waals surface area contributed by atoms with Gasteiger partial charge >= 0.3 is 0 Å². The zero-order chi connectivity index (χ0) is 16.1. The number of benzene rings is 1. The molecule has 0 aromatic heterocycles. The molecule has 2 atom stereocenters. The standard InChI is InChI=1S/C18H22N2O3/c19-10-9-14-5-7-15(8-6-14)23-13-18(21)20-11-12-22-17-4-2-1-3-16(17)20/h5-8,16-17H,1-4,9,11-13H2/t16-,17-/m0/s1. The van der Waals surface area contributed by atoms with E-state index in [1.807, 2.05) is 29.2 Å². The molecule has 3 rings (SSSR count). The van der Waals surface area contributed by atoms with Gasteiger partial charge in [0.25, 0.3) is 5.91 Å². The van der Waals surface area contributed by atoms with E-state index in [-0.39, 0.29) is 24.7 Å². The van der Waals surface area contributed by atoms with Crippen molar-refractivity contribution in [2.75, 3.05) is 19.8 Å². The lowest BCUT2D eigenvalue weighted by atomic mass is 9.90. The van der Waals surface area contributed by atoms with Gasteiger partial charge in [-0.25, -0.2) is 0 Å². The average Bonchev–Trinajstić information content (AvgIpc) is 2.60. The minimum atomic E-state index is 0.0336. The summed E-state index contributed by atoms with van der Waals surface area (Å²) in [6.45, 7) is 1.33. The lowest BCUT2D eigenvalue weighted by molar-refractivity contribution is -0.151. The molecule has 23 heavy (non-hydrogen) atoms. The zero-order valence-electron chi connectivity index (χ0n) is 13.2. The third-order valence-corrected chi connectivity index (χ3v) is 4.62. The van der Waals surface area contributed by atoms with E-state index in [1.54, 1.807) is 0 Å². The van der Waals surface area contributed by atoms with Crippen molar-refractivity contribution < 1.29 is 14.3 Å². The highest BCUT2D eigenvalue weighted by Crippen LogP contribution is 2.28. The Labute approximate surface area is 136 Å². The summed E-state index contributed by atoms with van der Waals surface area (Å²) in [5, 5.41) is 8.66. The molecule has 2 aliphatic rings. The number of carbonyl (C=O) groups is 1. The van der Waals surface area contributed by atoms with Crippen LogP contribution in [0.2, 0.25) is 0 Å². The molecular weight excluding hydrogens is 292 g/mol. The van der Waals surface area contributed by atoms with Crippen molar-refractivity contribution in [1.29, 1.82) is 5.26 Å². The van der Waals surface area contributed by atoms with Gasteiger partial charge in [-0.1, -0.05) is 25.0 Å². The summed E-state index contributed by atoms with van der Waals surface area (Å²) < 4.78 is 11.4. The average molecular weight is 314 g/mol. The fourth-order valence-corrected chi connectivity index (χ4v) is 3.43. The Balaban J connectivity index is 1.55. The largest absolute Gasteiger partial charge is 0.484 e. The fourth-order valence-electron chi connectivity index (χ4n) is 3.43. The Bertz CT molecular complexity index is 577. The van der Waals surface area contributed by atoms with Crippen molar-refractivity contribution in [3.63, 3.8) is 0 Å². The smallest absolute Gasteiger partial charge is 0.260 e. The molecule has 1 heterocycles. The minimum absolute atomic E-state index is 0.0336. The van der Waals surface area contributed by atoms with E-state index >= 15 is 0 Å². The molecule has 0 unspecified atom stereocenters. The molecule has 5 nitrogen and oxygen atoms in total. The van der Waals surface area contributed by atoms with E-state index in [1.165, 1.54) is 6.42 Å². The number of carbonyl (C=O) groups excluding carboxylic acids is 1. The highest BCUT2D eigenvalue weighted by molar-refractivity contribution is 5.78. The molecule has 0 radical (unpaired) electrons. The fraction of sp³-hybridized carbons (Fsp3) is 0.556. The third kappa shape index (κ3) is 3.83. The lowest BCUT2D eigenvalue weighted by Crippen LogP contribution is -2.55. The van der Waals surface area contributed by atoms with E-state index in [4.69, 9.17) is 14.7 Å². The second-order valence-electron chi connectivity index (χ2n) is 6.12. The molecule has 122 valence electrons. The van der Waals surface area contributed by atoms with E-state index in [9.17, 15) is 4.79 Å². The topological polar surface area (TPSA) is 62.6 Å². The van der Waals surface area contributed by atoms with Crippen molar-refractivity contribution in [1.82, 2.24) is 4.90 Å². The van der Waals surface area contributed by atoms with Gasteiger partial charge in [-0.15, -0.1) is 0 Å². The highest BCUT2D eigenvalue weighted by Gasteiger charge is 2.36. The Morgan fingerprint density at radius 2 is 2.09 bits per heavy atom. The summed E-state index contributed by atoms with van der Waals surface area (Å²) in [5.74, 6) is 0.694. The van der Waals surface area contributed by atoms with E-state index in [2.05, 4.69) is 6.07 Å². The van der Waals surface area contributed by atoms with Crippen molar-refractivity contribution in [3.8, 4) is 11.8 Å². The molecule has 0 bridgehead atoms. The molecule has 0 N–H and O–H groups in total. The van der Waals surface area contributed by atoms with Crippen LogP contribution >= 0.6 is 0 Å². The van der Waals surface area contributed by atoms with Crippen LogP contribution in [0.4, 0.5) is 0 Å². The Kier molecular flexibility index (Phi) is 5.14. The van der Waals surface area contributed by atoms with Gasteiger partial charge in [0.15, 0.2) is 6.61 Å². The van der Waals surface area contributed by atoms with E-state index < -0.39 is 0 Å². The zero-order valence-corrected chi connectivity index (χ0v) is 13.2. The van der Waals surface area contributed by atoms with E-state index in [0.29, 0.717) is 25.3 Å². The lowest BCUT2D eigenvalue weighted by Gasteiger charge is -2.43. The first-order valence-electron chi connectivity index (χ1n) is 8.27. The van der Waals surface area contributed by atoms with Crippen LogP contribution in [-0.2, 0) is 16.0 Å². The number of nitrogens with zero attached hydrogens (tertiary/aromatic N) is 2. The van der Waals surface area contributed by atoms with Crippen LogP contribution in [0.1, 0.15) is 31.2 Å². The summed E-state index contributed by atoms with van der Waals surface area (Å²) >= 11 is 0. The molecule has 2 fully saturated rings. The van der Waals surface area contributed by atoms with Crippen LogP contribution in [0.5, 0.6) is 5.75 Å². The molecular formula is C18H22N2O3. The maximum absolute atomic E-state index is 12.5. The van der Waals surface area contributed by atoms with E-state index in [0.717, 1.165) is 24.8 Å². The van der Waals surface area contributed by atoms with Gasteiger partial charge in [0.05, 0.1) is 31.2 Å². The first-order chi connectivity index (χ1) is 11.3. The number of morpholine rings is 1. The number of hydrogen-bond acceptors (Lipinski definition) is 4. The molecule has 1 aliphatic heterocycles. The van der Waals surface area contributed by atoms with Crippen molar-refractivity contribution in [3.05, 3.63) is 29.8 Å². The number of nitriles is 1. The number of hydrogen-bond donors (Lipinski definition) is 0. The molecule has 1 aromatic carbocycles. The van der Waals surface area contributed by atoms with Crippen LogP contribution in [0, 0.1) is 11.3 Å². The predicted octanol–water partition coefficient (Wildman–Crippen LogP) is 2.30. The van der Waals surface area contributed by atoms with Crippen LogP contribution in [0.15, 0.2) is 24.3 Å². The van der Waals surface area contributed by atoms with Gasteiger partial charge in [-0.05, 0) is 30.5 Å². The van der Waals surface area contributed by atoms with Gasteiger partial charge in [0.2, 0.25) is 0 Å². The van der Waals surface area contributed by atoms with Gasteiger partial charge in [-0.2, -0.15) is 5.26 Å². The molecule has 1 aliphatic carbocycles. The number of amides is 1. The van der Waals surface area contributed by atoms with Crippen molar-refractivity contribution in [2.45, 2.75) is 44.2 Å². The molecule has 1 saturated carbocycles. The van der Waals surface area contributed by atoms with Crippen LogP contribution in [-0.4, -0.2) is 42.7 Å². The van der Waals surface area contributed by atoms with Crippen molar-refractivity contribution >= 4 is 5.91 Å². The highest BCUT2D eigenvalue weighted by atomic mass is 16.5. The van der Waals surface area contributed by atoms with Crippen molar-refractivity contribution in [2.24, 2.45) is 0 Å². The quantitative estimate of drug-likeness (QED) is 0.855. The van der Waals surface area contributed by atoms with Crippen LogP contribution < -0.4 is 4.74 Å².